The molecular weight excluding hydrogens is 302 g/mol. The molecule has 3 rings (SSSR count). The fourth-order valence-electron chi connectivity index (χ4n) is 2.56. The maximum atomic E-state index is 11.9. The first kappa shape index (κ1) is 16.1. The summed E-state index contributed by atoms with van der Waals surface area (Å²) in [6.07, 6.45) is 0.657. The zero-order chi connectivity index (χ0) is 16.9. The number of benzene rings is 2. The van der Waals surface area contributed by atoms with Gasteiger partial charge in [-0.05, 0) is 43.2 Å². The number of furan rings is 1. The van der Waals surface area contributed by atoms with Crippen LogP contribution in [0.15, 0.2) is 52.9 Å². The van der Waals surface area contributed by atoms with Crippen molar-refractivity contribution in [2.75, 3.05) is 13.2 Å². The van der Waals surface area contributed by atoms with E-state index in [0.717, 1.165) is 33.6 Å². The van der Waals surface area contributed by atoms with Crippen molar-refractivity contribution in [3.63, 3.8) is 0 Å². The van der Waals surface area contributed by atoms with Crippen molar-refractivity contribution in [3.8, 4) is 5.75 Å². The van der Waals surface area contributed by atoms with Crippen LogP contribution in [0.5, 0.6) is 5.75 Å². The molecule has 4 nitrogen and oxygen atoms in total. The summed E-state index contributed by atoms with van der Waals surface area (Å²) in [5.74, 6) is 1.49. The highest BCUT2D eigenvalue weighted by molar-refractivity contribution is 5.78. The van der Waals surface area contributed by atoms with Gasteiger partial charge in [0.05, 0.1) is 0 Å². The molecule has 0 unspecified atom stereocenters. The number of carbonyl (C=O) groups is 1. The number of aryl methyl sites for hydroxylation is 1. The Kier molecular flexibility index (Phi) is 4.85. The number of para-hydroxylation sites is 1. The van der Waals surface area contributed by atoms with Crippen LogP contribution >= 0.6 is 0 Å². The molecule has 0 fully saturated rings. The quantitative estimate of drug-likeness (QED) is 0.751. The van der Waals surface area contributed by atoms with Gasteiger partial charge >= 0.3 is 0 Å². The Hall–Kier alpha value is -2.75. The van der Waals surface area contributed by atoms with Crippen LogP contribution in [0.3, 0.4) is 0 Å². The van der Waals surface area contributed by atoms with E-state index in [1.165, 1.54) is 0 Å². The Labute approximate surface area is 141 Å². The molecule has 2 aromatic carbocycles. The van der Waals surface area contributed by atoms with Crippen LogP contribution in [-0.2, 0) is 11.2 Å². The van der Waals surface area contributed by atoms with Gasteiger partial charge in [-0.1, -0.05) is 30.3 Å². The molecular formula is C20H21NO3. The predicted molar refractivity (Wildman–Crippen MR) is 94.3 cm³/mol. The van der Waals surface area contributed by atoms with Crippen LogP contribution in [0.2, 0.25) is 0 Å². The van der Waals surface area contributed by atoms with Gasteiger partial charge in [-0.3, -0.25) is 4.79 Å². The van der Waals surface area contributed by atoms with Gasteiger partial charge in [0, 0.05) is 18.4 Å². The average Bonchev–Trinajstić information content (AvgIpc) is 2.99. The highest BCUT2D eigenvalue weighted by atomic mass is 16.5. The van der Waals surface area contributed by atoms with E-state index in [2.05, 4.69) is 5.32 Å². The van der Waals surface area contributed by atoms with E-state index >= 15 is 0 Å². The fraction of sp³-hybridized carbons (Fsp3) is 0.250. The van der Waals surface area contributed by atoms with Crippen molar-refractivity contribution >= 4 is 16.9 Å². The summed E-state index contributed by atoms with van der Waals surface area (Å²) in [6.45, 7) is 4.55. The lowest BCUT2D eigenvalue weighted by atomic mass is 10.1. The summed E-state index contributed by atoms with van der Waals surface area (Å²) in [7, 11) is 0. The highest BCUT2D eigenvalue weighted by Gasteiger charge is 2.07. The number of amides is 1. The van der Waals surface area contributed by atoms with Crippen molar-refractivity contribution in [3.05, 3.63) is 65.4 Å². The molecule has 0 bridgehead atoms. The molecule has 0 saturated carbocycles. The maximum absolute atomic E-state index is 11.9. The highest BCUT2D eigenvalue weighted by Crippen LogP contribution is 2.20. The molecule has 1 aromatic heterocycles. The zero-order valence-electron chi connectivity index (χ0n) is 14.0. The first-order chi connectivity index (χ1) is 11.6. The molecule has 0 spiro atoms. The van der Waals surface area contributed by atoms with Crippen LogP contribution in [0, 0.1) is 13.8 Å². The number of carbonyl (C=O) groups excluding carboxylic acids is 1. The van der Waals surface area contributed by atoms with E-state index in [9.17, 15) is 4.79 Å². The lowest BCUT2D eigenvalue weighted by Gasteiger charge is -2.10. The molecule has 1 amide bonds. The third kappa shape index (κ3) is 3.77. The second-order valence-corrected chi connectivity index (χ2v) is 5.84. The topological polar surface area (TPSA) is 51.5 Å². The summed E-state index contributed by atoms with van der Waals surface area (Å²) in [6, 6.07) is 15.7. The minimum Gasteiger partial charge on any atom is -0.483 e. The van der Waals surface area contributed by atoms with Gasteiger partial charge in [0.25, 0.3) is 5.91 Å². The average molecular weight is 323 g/mol. The number of ether oxygens (including phenoxy) is 1. The minimum absolute atomic E-state index is 0.0183. The molecule has 1 heterocycles. The summed E-state index contributed by atoms with van der Waals surface area (Å²) in [4.78, 5) is 11.9. The summed E-state index contributed by atoms with van der Waals surface area (Å²) in [5.41, 5.74) is 3.09. The summed E-state index contributed by atoms with van der Waals surface area (Å²) >= 11 is 0. The van der Waals surface area contributed by atoms with Crippen molar-refractivity contribution in [1.29, 1.82) is 0 Å². The number of hydrogen-bond acceptors (Lipinski definition) is 3. The van der Waals surface area contributed by atoms with E-state index < -0.39 is 0 Å². The Balaban J connectivity index is 1.46. The van der Waals surface area contributed by atoms with Gasteiger partial charge in [0.15, 0.2) is 6.61 Å². The van der Waals surface area contributed by atoms with Gasteiger partial charge in [-0.25, -0.2) is 0 Å². The molecule has 0 aliphatic heterocycles. The van der Waals surface area contributed by atoms with Crippen molar-refractivity contribution in [2.45, 2.75) is 20.3 Å². The Morgan fingerprint density at radius 2 is 1.96 bits per heavy atom. The molecule has 3 aromatic rings. The molecule has 0 saturated heterocycles. The number of hydrogen-bond donors (Lipinski definition) is 1. The van der Waals surface area contributed by atoms with Crippen LogP contribution < -0.4 is 10.1 Å². The molecule has 0 aliphatic rings. The second-order valence-electron chi connectivity index (χ2n) is 5.84. The lowest BCUT2D eigenvalue weighted by Crippen LogP contribution is -2.30. The second kappa shape index (κ2) is 7.21. The molecule has 0 aliphatic carbocycles. The van der Waals surface area contributed by atoms with Crippen LogP contribution in [0.4, 0.5) is 0 Å². The van der Waals surface area contributed by atoms with Gasteiger partial charge in [-0.2, -0.15) is 0 Å². The number of rotatable bonds is 6. The Bertz CT molecular complexity index is 818. The van der Waals surface area contributed by atoms with E-state index in [4.69, 9.17) is 9.15 Å². The smallest absolute Gasteiger partial charge is 0.257 e. The maximum Gasteiger partial charge on any atom is 0.257 e. The van der Waals surface area contributed by atoms with Crippen molar-refractivity contribution < 1.29 is 13.9 Å². The minimum atomic E-state index is -0.132. The first-order valence-corrected chi connectivity index (χ1v) is 8.06. The zero-order valence-corrected chi connectivity index (χ0v) is 14.0. The SMILES string of the molecule is Cc1cccc(OCC(=O)NCCc2cc3ccccc3o2)c1C. The monoisotopic (exact) mass is 323 g/mol. The van der Waals surface area contributed by atoms with Crippen LogP contribution in [0.1, 0.15) is 16.9 Å². The van der Waals surface area contributed by atoms with Gasteiger partial charge < -0.3 is 14.5 Å². The molecule has 1 N–H and O–H groups in total. The molecule has 0 radical (unpaired) electrons. The van der Waals surface area contributed by atoms with E-state index in [0.29, 0.717) is 13.0 Å². The third-order valence-corrected chi connectivity index (χ3v) is 4.08. The molecule has 124 valence electrons. The van der Waals surface area contributed by atoms with E-state index in [1.807, 2.05) is 62.4 Å². The Morgan fingerprint density at radius 1 is 1.12 bits per heavy atom. The number of nitrogens with one attached hydrogen (secondary N) is 1. The van der Waals surface area contributed by atoms with Crippen LogP contribution in [-0.4, -0.2) is 19.1 Å². The summed E-state index contributed by atoms with van der Waals surface area (Å²) in [5, 5.41) is 3.94. The fourth-order valence-corrected chi connectivity index (χ4v) is 2.56. The third-order valence-electron chi connectivity index (χ3n) is 4.08. The van der Waals surface area contributed by atoms with Gasteiger partial charge in [0.2, 0.25) is 0 Å². The van der Waals surface area contributed by atoms with Gasteiger partial charge in [-0.15, -0.1) is 0 Å². The largest absolute Gasteiger partial charge is 0.483 e. The molecule has 0 atom stereocenters. The van der Waals surface area contributed by atoms with Crippen LogP contribution in [0.25, 0.3) is 11.0 Å². The molecule has 24 heavy (non-hydrogen) atoms. The lowest BCUT2D eigenvalue weighted by molar-refractivity contribution is -0.123. The molecule has 4 heteroatoms. The predicted octanol–water partition coefficient (Wildman–Crippen LogP) is 3.79. The van der Waals surface area contributed by atoms with Gasteiger partial charge in [0.1, 0.15) is 17.1 Å². The Morgan fingerprint density at radius 3 is 2.79 bits per heavy atom. The van der Waals surface area contributed by atoms with E-state index in [1.54, 1.807) is 0 Å². The summed E-state index contributed by atoms with van der Waals surface area (Å²) < 4.78 is 11.3. The van der Waals surface area contributed by atoms with E-state index in [-0.39, 0.29) is 12.5 Å². The van der Waals surface area contributed by atoms with Crippen molar-refractivity contribution in [1.82, 2.24) is 5.32 Å². The van der Waals surface area contributed by atoms with Crippen molar-refractivity contribution in [2.24, 2.45) is 0 Å². The normalized spacial score (nSPS) is 10.8. The standard InChI is InChI=1S/C20H21NO3/c1-14-6-5-9-18(15(14)2)23-13-20(22)21-11-10-17-12-16-7-3-4-8-19(16)24-17/h3-9,12H,10-11,13H2,1-2H3,(H,21,22). The number of fused-ring (bicyclic) bond motifs is 1. The first-order valence-electron chi connectivity index (χ1n) is 8.06.